The number of aryl methyl sites for hydroxylation is 1. The number of nitrogens with one attached hydrogen (secondary N) is 1. The molecule has 6 heteroatoms. The van der Waals surface area contributed by atoms with E-state index >= 15 is 0 Å². The van der Waals surface area contributed by atoms with Crippen molar-refractivity contribution in [1.29, 1.82) is 0 Å². The summed E-state index contributed by atoms with van der Waals surface area (Å²) in [6.07, 6.45) is 3.55. The number of aromatic nitrogens is 4. The van der Waals surface area contributed by atoms with Crippen LogP contribution in [-0.4, -0.2) is 25.9 Å². The van der Waals surface area contributed by atoms with Crippen molar-refractivity contribution in [3.63, 3.8) is 0 Å². The van der Waals surface area contributed by atoms with Crippen LogP contribution in [0.15, 0.2) is 24.7 Å². The van der Waals surface area contributed by atoms with Crippen LogP contribution in [0.25, 0.3) is 0 Å². The second-order valence-corrected chi connectivity index (χ2v) is 4.60. The zero-order chi connectivity index (χ0) is 13.7. The molecule has 0 amide bonds. The first kappa shape index (κ1) is 13.5. The number of hydrogen-bond donors (Lipinski definition) is 1. The molecular formula is C13H19N5O. The molecular weight excluding hydrogens is 242 g/mol. The first-order valence-corrected chi connectivity index (χ1v) is 6.31. The second-order valence-electron chi connectivity index (χ2n) is 4.60. The van der Waals surface area contributed by atoms with Gasteiger partial charge in [0.2, 0.25) is 5.88 Å². The molecule has 6 nitrogen and oxygen atoms in total. The van der Waals surface area contributed by atoms with E-state index in [1.54, 1.807) is 12.5 Å². The fourth-order valence-corrected chi connectivity index (χ4v) is 1.66. The van der Waals surface area contributed by atoms with E-state index in [1.165, 1.54) is 0 Å². The predicted octanol–water partition coefficient (Wildman–Crippen LogP) is 1.29. The molecule has 0 aromatic carbocycles. The molecule has 2 heterocycles. The average molecular weight is 261 g/mol. The van der Waals surface area contributed by atoms with Crippen LogP contribution in [0.5, 0.6) is 5.88 Å². The Bertz CT molecular complexity index is 523. The zero-order valence-electron chi connectivity index (χ0n) is 11.5. The first-order valence-electron chi connectivity index (χ1n) is 6.31. The average Bonchev–Trinajstić information content (AvgIpc) is 2.77. The third-order valence-electron chi connectivity index (χ3n) is 2.60. The van der Waals surface area contributed by atoms with Crippen LogP contribution in [0.1, 0.15) is 25.2 Å². The lowest BCUT2D eigenvalue weighted by atomic mass is 10.2. The maximum absolute atomic E-state index is 5.67. The lowest BCUT2D eigenvalue weighted by Gasteiger charge is -2.13. The van der Waals surface area contributed by atoms with E-state index in [1.807, 2.05) is 37.6 Å². The van der Waals surface area contributed by atoms with Crippen LogP contribution >= 0.6 is 0 Å². The van der Waals surface area contributed by atoms with Crippen molar-refractivity contribution in [2.75, 3.05) is 0 Å². The summed E-state index contributed by atoms with van der Waals surface area (Å²) < 4.78 is 7.56. The molecule has 0 aliphatic rings. The normalized spacial score (nSPS) is 10.9. The zero-order valence-corrected chi connectivity index (χ0v) is 11.5. The van der Waals surface area contributed by atoms with Crippen molar-refractivity contribution in [1.82, 2.24) is 25.1 Å². The number of rotatable bonds is 6. The molecule has 0 unspecified atom stereocenters. The molecule has 0 radical (unpaired) electrons. The minimum Gasteiger partial charge on any atom is -0.475 e. The van der Waals surface area contributed by atoms with Crippen LogP contribution in [0.4, 0.5) is 0 Å². The van der Waals surface area contributed by atoms with Gasteiger partial charge in [-0.3, -0.25) is 0 Å². The van der Waals surface area contributed by atoms with Gasteiger partial charge in [0.25, 0.3) is 0 Å². The third kappa shape index (κ3) is 3.75. The molecule has 0 fully saturated rings. The molecule has 1 N–H and O–H groups in total. The van der Waals surface area contributed by atoms with Crippen LogP contribution in [0.3, 0.4) is 0 Å². The summed E-state index contributed by atoms with van der Waals surface area (Å²) in [4.78, 5) is 4.26. The van der Waals surface area contributed by atoms with Gasteiger partial charge in [-0.25, -0.2) is 4.98 Å². The van der Waals surface area contributed by atoms with Crippen molar-refractivity contribution in [2.45, 2.75) is 33.0 Å². The van der Waals surface area contributed by atoms with Crippen molar-refractivity contribution in [3.05, 3.63) is 36.0 Å². The molecule has 2 rings (SSSR count). The summed E-state index contributed by atoms with van der Waals surface area (Å²) in [5, 5.41) is 11.2. The Labute approximate surface area is 112 Å². The van der Waals surface area contributed by atoms with Gasteiger partial charge in [-0.2, -0.15) is 0 Å². The summed E-state index contributed by atoms with van der Waals surface area (Å²) in [5.74, 6) is 1.58. The Morgan fingerprint density at radius 1 is 1.37 bits per heavy atom. The van der Waals surface area contributed by atoms with E-state index in [0.717, 1.165) is 11.4 Å². The van der Waals surface area contributed by atoms with Gasteiger partial charge in [-0.15, -0.1) is 10.2 Å². The quantitative estimate of drug-likeness (QED) is 0.848. The summed E-state index contributed by atoms with van der Waals surface area (Å²) in [7, 11) is 1.92. The first-order chi connectivity index (χ1) is 9.16. The highest BCUT2D eigenvalue weighted by Gasteiger charge is 2.07. The van der Waals surface area contributed by atoms with E-state index in [9.17, 15) is 0 Å². The Morgan fingerprint density at radius 2 is 2.21 bits per heavy atom. The molecule has 0 saturated carbocycles. The molecule has 0 aliphatic carbocycles. The summed E-state index contributed by atoms with van der Waals surface area (Å²) in [6.45, 7) is 5.33. The number of pyridine rings is 1. The lowest BCUT2D eigenvalue weighted by molar-refractivity contribution is 0.229. The summed E-state index contributed by atoms with van der Waals surface area (Å²) in [5.41, 5.74) is 1.04. The van der Waals surface area contributed by atoms with Crippen LogP contribution < -0.4 is 10.1 Å². The van der Waals surface area contributed by atoms with Gasteiger partial charge in [0.05, 0.1) is 12.6 Å². The van der Waals surface area contributed by atoms with E-state index in [0.29, 0.717) is 19.0 Å². The SMILES string of the molecule is CC(C)Oc1ncccc1CNCc1nncn1C. The predicted molar refractivity (Wildman–Crippen MR) is 71.5 cm³/mol. The van der Waals surface area contributed by atoms with Gasteiger partial charge in [0.15, 0.2) is 0 Å². The van der Waals surface area contributed by atoms with E-state index in [2.05, 4.69) is 20.5 Å². The molecule has 0 saturated heterocycles. The van der Waals surface area contributed by atoms with Gasteiger partial charge in [-0.05, 0) is 19.9 Å². The smallest absolute Gasteiger partial charge is 0.218 e. The fourth-order valence-electron chi connectivity index (χ4n) is 1.66. The molecule has 0 spiro atoms. The van der Waals surface area contributed by atoms with Crippen LogP contribution in [0.2, 0.25) is 0 Å². The number of ether oxygens (including phenoxy) is 1. The summed E-state index contributed by atoms with van der Waals surface area (Å²) >= 11 is 0. The molecule has 2 aromatic rings. The molecule has 19 heavy (non-hydrogen) atoms. The highest BCUT2D eigenvalue weighted by atomic mass is 16.5. The number of hydrogen-bond acceptors (Lipinski definition) is 5. The van der Waals surface area contributed by atoms with Gasteiger partial charge >= 0.3 is 0 Å². The van der Waals surface area contributed by atoms with E-state index in [4.69, 9.17) is 4.74 Å². The Balaban J connectivity index is 1.94. The maximum Gasteiger partial charge on any atom is 0.218 e. The molecule has 0 bridgehead atoms. The van der Waals surface area contributed by atoms with Gasteiger partial charge in [-0.1, -0.05) is 6.07 Å². The highest BCUT2D eigenvalue weighted by Crippen LogP contribution is 2.15. The van der Waals surface area contributed by atoms with Crippen LogP contribution in [0, 0.1) is 0 Å². The minimum absolute atomic E-state index is 0.118. The van der Waals surface area contributed by atoms with Crippen molar-refractivity contribution < 1.29 is 4.74 Å². The Kier molecular flexibility index (Phi) is 4.46. The van der Waals surface area contributed by atoms with Gasteiger partial charge < -0.3 is 14.6 Å². The highest BCUT2D eigenvalue weighted by molar-refractivity contribution is 5.25. The van der Waals surface area contributed by atoms with Gasteiger partial charge in [0.1, 0.15) is 12.2 Å². The van der Waals surface area contributed by atoms with E-state index < -0.39 is 0 Å². The third-order valence-corrected chi connectivity index (χ3v) is 2.60. The van der Waals surface area contributed by atoms with E-state index in [-0.39, 0.29) is 6.10 Å². The molecule has 102 valence electrons. The monoisotopic (exact) mass is 261 g/mol. The fraction of sp³-hybridized carbons (Fsp3) is 0.462. The Hall–Kier alpha value is -1.95. The Morgan fingerprint density at radius 3 is 2.89 bits per heavy atom. The molecule has 2 aromatic heterocycles. The topological polar surface area (TPSA) is 64.9 Å². The molecule has 0 aliphatic heterocycles. The van der Waals surface area contributed by atoms with Crippen molar-refractivity contribution >= 4 is 0 Å². The van der Waals surface area contributed by atoms with Gasteiger partial charge in [0, 0.05) is 25.4 Å². The van der Waals surface area contributed by atoms with Crippen molar-refractivity contribution in [2.24, 2.45) is 7.05 Å². The van der Waals surface area contributed by atoms with Crippen molar-refractivity contribution in [3.8, 4) is 5.88 Å². The lowest BCUT2D eigenvalue weighted by Crippen LogP contribution is -2.17. The number of nitrogens with zero attached hydrogens (tertiary/aromatic N) is 4. The standard InChI is InChI=1S/C13H19N5O/c1-10(2)19-13-11(5-4-6-15-13)7-14-8-12-17-16-9-18(12)3/h4-6,9-10,14H,7-8H2,1-3H3. The largest absolute Gasteiger partial charge is 0.475 e. The maximum atomic E-state index is 5.67. The molecule has 0 atom stereocenters. The summed E-state index contributed by atoms with van der Waals surface area (Å²) in [6, 6.07) is 3.92. The minimum atomic E-state index is 0.118. The van der Waals surface area contributed by atoms with Crippen LogP contribution in [-0.2, 0) is 20.1 Å². The second kappa shape index (κ2) is 6.29.